The molecule has 0 fully saturated rings. The molecule has 2 heterocycles. The van der Waals surface area contributed by atoms with Crippen molar-refractivity contribution in [3.63, 3.8) is 0 Å². The Hall–Kier alpha value is -2.27. The van der Waals surface area contributed by atoms with Crippen molar-refractivity contribution in [2.45, 2.75) is 38.6 Å². The fourth-order valence-corrected chi connectivity index (χ4v) is 4.48. The second-order valence-corrected chi connectivity index (χ2v) is 8.32. The molecule has 2 aromatic rings. The highest BCUT2D eigenvalue weighted by molar-refractivity contribution is 9.10. The van der Waals surface area contributed by atoms with Crippen LogP contribution >= 0.6 is 31.9 Å². The fourth-order valence-electron chi connectivity index (χ4n) is 3.33. The van der Waals surface area contributed by atoms with Crippen molar-refractivity contribution in [3.8, 4) is 5.75 Å². The first kappa shape index (κ1) is 22.4. The minimum atomic E-state index is -0.449. The number of rotatable bonds is 7. The maximum atomic E-state index is 13.1. The summed E-state index contributed by atoms with van der Waals surface area (Å²) < 4.78 is 13.7. The molecule has 0 amide bonds. The number of hydrogen-bond donors (Lipinski definition) is 1. The number of hydrogen-bond acceptors (Lipinski definition) is 7. The highest BCUT2D eigenvalue weighted by atomic mass is 79.9. The Kier molecular flexibility index (Phi) is 6.91. The third kappa shape index (κ3) is 4.27. The monoisotopic (exact) mass is 544 g/mol. The molecule has 1 unspecified atom stereocenters. The van der Waals surface area contributed by atoms with Crippen LogP contribution in [0.5, 0.6) is 5.75 Å². The summed E-state index contributed by atoms with van der Waals surface area (Å²) in [5.41, 5.74) is 0.507. The smallest absolute Gasteiger partial charge is 0.332 e. The Morgan fingerprint density at radius 2 is 2.00 bits per heavy atom. The fraction of sp³-hybridized carbons (Fsp3) is 0.421. The lowest BCUT2D eigenvalue weighted by Gasteiger charge is -2.22. The quantitative estimate of drug-likeness (QED) is 0.324. The summed E-state index contributed by atoms with van der Waals surface area (Å²) in [5, 5.41) is 2.76. The van der Waals surface area contributed by atoms with Crippen LogP contribution in [0.3, 0.4) is 0 Å². The highest BCUT2D eigenvalue weighted by Gasteiger charge is 2.34. The van der Waals surface area contributed by atoms with E-state index in [1.807, 2.05) is 23.1 Å². The zero-order valence-electron chi connectivity index (χ0n) is 16.8. The first-order chi connectivity index (χ1) is 14.3. The molecule has 11 heteroatoms. The predicted molar refractivity (Wildman–Crippen MR) is 120 cm³/mol. The van der Waals surface area contributed by atoms with Gasteiger partial charge in [0.25, 0.3) is 5.56 Å². The van der Waals surface area contributed by atoms with E-state index >= 15 is 0 Å². The summed E-state index contributed by atoms with van der Waals surface area (Å²) in [6.07, 6.45) is 0. The summed E-state index contributed by atoms with van der Waals surface area (Å²) >= 11 is 7.03. The lowest BCUT2D eigenvalue weighted by atomic mass is 10.2. The van der Waals surface area contributed by atoms with Gasteiger partial charge in [-0.2, -0.15) is 0 Å². The maximum absolute atomic E-state index is 13.1. The van der Waals surface area contributed by atoms with Gasteiger partial charge in [0, 0.05) is 20.0 Å². The standard InChI is InChI=1S/C19H22Br2N4O5/c1-4-23-17(27)15-16(24(19(23)28)7-8-30-11(2)26)22-18(21)25(15)10-12-5-6-14(29-3)13(20)9-12/h5-6,9,18,22H,4,7-8,10H2,1-3H3. The van der Waals surface area contributed by atoms with E-state index in [9.17, 15) is 14.4 Å². The SMILES string of the molecule is CCn1c(=O)c2c(n(CCOC(C)=O)c1=O)NC(Br)N2Cc1ccc(OC)c(Br)c1. The van der Waals surface area contributed by atoms with Gasteiger partial charge in [0.15, 0.2) is 5.08 Å². The Balaban J connectivity index is 2.03. The zero-order chi connectivity index (χ0) is 22.0. The third-order valence-corrected chi connectivity index (χ3v) is 6.07. The lowest BCUT2D eigenvalue weighted by molar-refractivity contribution is -0.141. The number of esters is 1. The predicted octanol–water partition coefficient (Wildman–Crippen LogP) is 2.47. The number of carbonyl (C=O) groups excluding carboxylic acids is 1. The van der Waals surface area contributed by atoms with Gasteiger partial charge < -0.3 is 19.7 Å². The molecule has 1 aliphatic rings. The molecular weight excluding hydrogens is 524 g/mol. The average molecular weight is 546 g/mol. The topological polar surface area (TPSA) is 94.8 Å². The first-order valence-corrected chi connectivity index (χ1v) is 11.0. The summed E-state index contributed by atoms with van der Waals surface area (Å²) in [7, 11) is 1.59. The van der Waals surface area contributed by atoms with Gasteiger partial charge in [-0.25, -0.2) is 4.79 Å². The van der Waals surface area contributed by atoms with Crippen LogP contribution < -0.4 is 26.2 Å². The third-order valence-electron chi connectivity index (χ3n) is 4.73. The summed E-state index contributed by atoms with van der Waals surface area (Å²) in [6, 6.07) is 5.68. The summed E-state index contributed by atoms with van der Waals surface area (Å²) in [4.78, 5) is 38.9. The molecule has 0 spiro atoms. The van der Waals surface area contributed by atoms with E-state index < -0.39 is 16.7 Å². The van der Waals surface area contributed by atoms with Crippen LogP contribution in [0.1, 0.15) is 19.4 Å². The number of methoxy groups -OCH3 is 1. The summed E-state index contributed by atoms with van der Waals surface area (Å²) in [5.74, 6) is 0.680. The van der Waals surface area contributed by atoms with Gasteiger partial charge in [-0.1, -0.05) is 6.07 Å². The number of alkyl halides is 1. The molecule has 0 saturated heterocycles. The second-order valence-electron chi connectivity index (χ2n) is 6.60. The average Bonchev–Trinajstić information content (AvgIpc) is 3.01. The number of benzene rings is 1. The van der Waals surface area contributed by atoms with Crippen molar-refractivity contribution in [3.05, 3.63) is 49.1 Å². The molecule has 1 N–H and O–H groups in total. The van der Waals surface area contributed by atoms with Crippen LogP contribution in [0.25, 0.3) is 0 Å². The number of aromatic nitrogens is 2. The van der Waals surface area contributed by atoms with Crippen molar-refractivity contribution < 1.29 is 14.3 Å². The number of fused-ring (bicyclic) bond motifs is 1. The molecule has 1 aliphatic heterocycles. The summed E-state index contributed by atoms with van der Waals surface area (Å²) in [6.45, 7) is 3.86. The van der Waals surface area contributed by atoms with Gasteiger partial charge in [-0.3, -0.25) is 18.7 Å². The van der Waals surface area contributed by atoms with Gasteiger partial charge in [0.2, 0.25) is 0 Å². The van der Waals surface area contributed by atoms with E-state index in [-0.39, 0.29) is 25.3 Å². The Labute approximate surface area is 189 Å². The molecule has 1 aromatic carbocycles. The molecule has 1 atom stereocenters. The number of anilines is 2. The van der Waals surface area contributed by atoms with Crippen LogP contribution in [-0.2, 0) is 29.2 Å². The van der Waals surface area contributed by atoms with Gasteiger partial charge in [0.05, 0.1) is 18.1 Å². The number of carbonyl (C=O) groups is 1. The van der Waals surface area contributed by atoms with Crippen LogP contribution in [0, 0.1) is 0 Å². The van der Waals surface area contributed by atoms with Crippen LogP contribution in [0.15, 0.2) is 32.3 Å². The minimum Gasteiger partial charge on any atom is -0.496 e. The van der Waals surface area contributed by atoms with Crippen LogP contribution in [0.4, 0.5) is 11.5 Å². The van der Waals surface area contributed by atoms with Crippen molar-refractivity contribution in [2.75, 3.05) is 23.9 Å². The molecule has 30 heavy (non-hydrogen) atoms. The highest BCUT2D eigenvalue weighted by Crippen LogP contribution is 2.35. The molecule has 0 saturated carbocycles. The molecule has 3 rings (SSSR count). The molecule has 0 radical (unpaired) electrons. The Morgan fingerprint density at radius 3 is 2.60 bits per heavy atom. The van der Waals surface area contributed by atoms with Gasteiger partial charge in [-0.15, -0.1) is 0 Å². The van der Waals surface area contributed by atoms with E-state index in [1.54, 1.807) is 14.0 Å². The number of halogens is 2. The van der Waals surface area contributed by atoms with Crippen LogP contribution in [0.2, 0.25) is 0 Å². The Morgan fingerprint density at radius 1 is 1.27 bits per heavy atom. The number of nitrogens with zero attached hydrogens (tertiary/aromatic N) is 3. The number of nitrogens with one attached hydrogen (secondary N) is 1. The zero-order valence-corrected chi connectivity index (χ0v) is 19.9. The lowest BCUT2D eigenvalue weighted by Crippen LogP contribution is -2.42. The molecule has 1 aromatic heterocycles. The normalized spacial score (nSPS) is 15.0. The van der Waals surface area contributed by atoms with E-state index in [0.717, 1.165) is 10.0 Å². The molecule has 162 valence electrons. The maximum Gasteiger partial charge on any atom is 0.332 e. The van der Waals surface area contributed by atoms with E-state index in [4.69, 9.17) is 9.47 Å². The molecule has 9 nitrogen and oxygen atoms in total. The molecule has 0 bridgehead atoms. The van der Waals surface area contributed by atoms with Gasteiger partial charge >= 0.3 is 11.7 Å². The number of ether oxygens (including phenoxy) is 2. The Bertz CT molecular complexity index is 1080. The van der Waals surface area contributed by atoms with Gasteiger partial charge in [-0.05, 0) is 56.5 Å². The van der Waals surface area contributed by atoms with Gasteiger partial charge in [0.1, 0.15) is 23.9 Å². The minimum absolute atomic E-state index is 0.0314. The molecule has 0 aliphatic carbocycles. The largest absolute Gasteiger partial charge is 0.496 e. The first-order valence-electron chi connectivity index (χ1n) is 9.29. The second kappa shape index (κ2) is 9.25. The van der Waals surface area contributed by atoms with Crippen molar-refractivity contribution in [2.24, 2.45) is 0 Å². The van der Waals surface area contributed by atoms with Crippen LogP contribution in [-0.4, -0.2) is 33.9 Å². The van der Waals surface area contributed by atoms with Crippen molar-refractivity contribution in [1.82, 2.24) is 9.13 Å². The van der Waals surface area contributed by atoms with E-state index in [1.165, 1.54) is 16.1 Å². The van der Waals surface area contributed by atoms with E-state index in [0.29, 0.717) is 23.8 Å². The molecular formula is C19H22Br2N4O5. The van der Waals surface area contributed by atoms with Crippen molar-refractivity contribution >= 4 is 49.3 Å². The van der Waals surface area contributed by atoms with Crippen molar-refractivity contribution in [1.29, 1.82) is 0 Å². The van der Waals surface area contributed by atoms with E-state index in [2.05, 4.69) is 37.2 Å².